The normalized spacial score (nSPS) is 13.3. The van der Waals surface area contributed by atoms with Gasteiger partial charge in [-0.25, -0.2) is 4.79 Å². The topological polar surface area (TPSA) is 64.6 Å². The maximum atomic E-state index is 11.8. The summed E-state index contributed by atoms with van der Waals surface area (Å²) in [6.07, 6.45) is -0.685. The molecule has 0 heterocycles. The van der Waals surface area contributed by atoms with Crippen molar-refractivity contribution in [3.05, 3.63) is 29.8 Å². The maximum Gasteiger partial charge on any atom is 0.328 e. The van der Waals surface area contributed by atoms with Crippen molar-refractivity contribution in [2.45, 2.75) is 32.9 Å². The predicted octanol–water partition coefficient (Wildman–Crippen LogP) is 1.44. The number of ether oxygens (including phenoxy) is 2. The van der Waals surface area contributed by atoms with Crippen molar-refractivity contribution in [2.75, 3.05) is 7.11 Å². The van der Waals surface area contributed by atoms with Crippen LogP contribution in [0.1, 0.15) is 19.4 Å². The van der Waals surface area contributed by atoms with Crippen LogP contribution >= 0.6 is 0 Å². The van der Waals surface area contributed by atoms with Gasteiger partial charge < -0.3 is 14.8 Å². The lowest BCUT2D eigenvalue weighted by Gasteiger charge is -2.17. The number of amides is 1. The summed E-state index contributed by atoms with van der Waals surface area (Å²) in [5, 5.41) is 2.52. The second-order valence-electron chi connectivity index (χ2n) is 4.33. The highest BCUT2D eigenvalue weighted by molar-refractivity contribution is 5.86. The highest BCUT2D eigenvalue weighted by atomic mass is 16.5. The number of esters is 1. The van der Waals surface area contributed by atoms with Gasteiger partial charge >= 0.3 is 5.97 Å². The molecule has 2 unspecified atom stereocenters. The summed E-state index contributed by atoms with van der Waals surface area (Å²) < 4.78 is 10.0. The molecule has 104 valence electrons. The lowest BCUT2D eigenvalue weighted by molar-refractivity contribution is -0.145. The zero-order valence-electron chi connectivity index (χ0n) is 11.6. The molecule has 1 aromatic carbocycles. The van der Waals surface area contributed by atoms with Gasteiger partial charge in [0.05, 0.1) is 7.11 Å². The second kappa shape index (κ2) is 6.78. The average Bonchev–Trinajstić information content (AvgIpc) is 2.40. The largest absolute Gasteiger partial charge is 0.481 e. The number of methoxy groups -OCH3 is 1. The Hall–Kier alpha value is -2.04. The van der Waals surface area contributed by atoms with Crippen molar-refractivity contribution in [2.24, 2.45) is 0 Å². The maximum absolute atomic E-state index is 11.8. The first-order valence-corrected chi connectivity index (χ1v) is 6.05. The molecule has 5 heteroatoms. The van der Waals surface area contributed by atoms with Crippen molar-refractivity contribution in [3.8, 4) is 5.75 Å². The first-order chi connectivity index (χ1) is 8.93. The van der Waals surface area contributed by atoms with Gasteiger partial charge in [0.1, 0.15) is 11.8 Å². The summed E-state index contributed by atoms with van der Waals surface area (Å²) in [7, 11) is 1.28. The van der Waals surface area contributed by atoms with Crippen molar-refractivity contribution >= 4 is 11.9 Å². The van der Waals surface area contributed by atoms with Gasteiger partial charge in [0.2, 0.25) is 0 Å². The van der Waals surface area contributed by atoms with Gasteiger partial charge in [-0.2, -0.15) is 0 Å². The molecule has 1 amide bonds. The van der Waals surface area contributed by atoms with Gasteiger partial charge in [0.15, 0.2) is 6.10 Å². The standard InChI is InChI=1S/C14H19NO4/c1-9-5-7-12(8-6-9)19-11(3)13(16)15-10(2)14(17)18-4/h5-8,10-11H,1-4H3,(H,15,16). The van der Waals surface area contributed by atoms with E-state index in [1.165, 1.54) is 7.11 Å². The average molecular weight is 265 g/mol. The molecular weight excluding hydrogens is 246 g/mol. The monoisotopic (exact) mass is 265 g/mol. The lowest BCUT2D eigenvalue weighted by atomic mass is 10.2. The number of nitrogens with one attached hydrogen (secondary N) is 1. The van der Waals surface area contributed by atoms with Crippen molar-refractivity contribution < 1.29 is 19.1 Å². The molecule has 0 aromatic heterocycles. The van der Waals surface area contributed by atoms with Crippen LogP contribution in [0, 0.1) is 6.92 Å². The Morgan fingerprint density at radius 3 is 2.26 bits per heavy atom. The Kier molecular flexibility index (Phi) is 5.36. The molecule has 2 atom stereocenters. The molecular formula is C14H19NO4. The SMILES string of the molecule is COC(=O)C(C)NC(=O)C(C)Oc1ccc(C)cc1. The molecule has 1 N–H and O–H groups in total. The zero-order chi connectivity index (χ0) is 14.4. The predicted molar refractivity (Wildman–Crippen MR) is 70.9 cm³/mol. The molecule has 1 aromatic rings. The summed E-state index contributed by atoms with van der Waals surface area (Å²) in [6, 6.07) is 6.70. The van der Waals surface area contributed by atoms with Crippen LogP contribution in [-0.2, 0) is 14.3 Å². The molecule has 0 radical (unpaired) electrons. The number of carbonyl (C=O) groups is 2. The Morgan fingerprint density at radius 1 is 1.16 bits per heavy atom. The molecule has 5 nitrogen and oxygen atoms in total. The molecule has 0 bridgehead atoms. The molecule has 0 aliphatic rings. The Morgan fingerprint density at radius 2 is 1.74 bits per heavy atom. The third-order valence-corrected chi connectivity index (χ3v) is 2.62. The van der Waals surface area contributed by atoms with Crippen molar-refractivity contribution in [3.63, 3.8) is 0 Å². The Balaban J connectivity index is 2.53. The quantitative estimate of drug-likeness (QED) is 0.818. The number of hydrogen-bond donors (Lipinski definition) is 1. The van der Waals surface area contributed by atoms with E-state index in [0.29, 0.717) is 5.75 Å². The van der Waals surface area contributed by atoms with Crippen molar-refractivity contribution in [1.82, 2.24) is 5.32 Å². The molecule has 0 spiro atoms. The minimum Gasteiger partial charge on any atom is -0.481 e. The summed E-state index contributed by atoms with van der Waals surface area (Å²) in [5.74, 6) is -0.242. The fourth-order valence-electron chi connectivity index (χ4n) is 1.44. The van der Waals surface area contributed by atoms with Gasteiger partial charge in [0, 0.05) is 0 Å². The second-order valence-corrected chi connectivity index (χ2v) is 4.33. The summed E-state index contributed by atoms with van der Waals surface area (Å²) in [6.45, 7) is 5.15. The molecule has 1 rings (SSSR count). The van der Waals surface area contributed by atoms with Crippen LogP contribution in [0.15, 0.2) is 24.3 Å². The molecule has 19 heavy (non-hydrogen) atoms. The van der Waals surface area contributed by atoms with Gasteiger partial charge in [-0.3, -0.25) is 4.79 Å². The molecule has 0 fully saturated rings. The number of benzene rings is 1. The molecule has 0 aliphatic heterocycles. The minimum atomic E-state index is -0.693. The van der Waals surface area contributed by atoms with Gasteiger partial charge in [-0.05, 0) is 32.9 Å². The highest BCUT2D eigenvalue weighted by Crippen LogP contribution is 2.13. The first kappa shape index (κ1) is 15.0. The summed E-state index contributed by atoms with van der Waals surface area (Å²) >= 11 is 0. The first-order valence-electron chi connectivity index (χ1n) is 6.05. The molecule has 0 saturated heterocycles. The lowest BCUT2D eigenvalue weighted by Crippen LogP contribution is -2.45. The number of rotatable bonds is 5. The summed E-state index contributed by atoms with van der Waals surface area (Å²) in [4.78, 5) is 23.0. The minimum absolute atomic E-state index is 0.363. The number of hydrogen-bond acceptors (Lipinski definition) is 4. The van der Waals surface area contributed by atoms with Crippen LogP contribution in [0.25, 0.3) is 0 Å². The molecule has 0 saturated carbocycles. The smallest absolute Gasteiger partial charge is 0.328 e. The van der Waals surface area contributed by atoms with E-state index < -0.39 is 18.1 Å². The zero-order valence-corrected chi connectivity index (χ0v) is 11.6. The van der Waals surface area contributed by atoms with Gasteiger partial charge in [0.25, 0.3) is 5.91 Å². The van der Waals surface area contributed by atoms with Crippen molar-refractivity contribution in [1.29, 1.82) is 0 Å². The van der Waals surface area contributed by atoms with E-state index in [4.69, 9.17) is 4.74 Å². The summed E-state index contributed by atoms with van der Waals surface area (Å²) in [5.41, 5.74) is 1.11. The van der Waals surface area contributed by atoms with Gasteiger partial charge in [-0.15, -0.1) is 0 Å². The van der Waals surface area contributed by atoms with Crippen LogP contribution in [0.5, 0.6) is 5.75 Å². The van der Waals surface area contributed by atoms with Gasteiger partial charge in [-0.1, -0.05) is 17.7 Å². The van der Waals surface area contributed by atoms with E-state index in [-0.39, 0.29) is 5.91 Å². The van der Waals surface area contributed by atoms with E-state index in [0.717, 1.165) is 5.56 Å². The highest BCUT2D eigenvalue weighted by Gasteiger charge is 2.21. The van der Waals surface area contributed by atoms with Crippen LogP contribution < -0.4 is 10.1 Å². The van der Waals surface area contributed by atoms with E-state index >= 15 is 0 Å². The van der Waals surface area contributed by atoms with E-state index in [2.05, 4.69) is 10.1 Å². The fraction of sp³-hybridized carbons (Fsp3) is 0.429. The van der Waals surface area contributed by atoms with E-state index in [9.17, 15) is 9.59 Å². The Labute approximate surface area is 112 Å². The third-order valence-electron chi connectivity index (χ3n) is 2.62. The number of aryl methyl sites for hydroxylation is 1. The van der Waals surface area contributed by atoms with Crippen LogP contribution in [0.4, 0.5) is 0 Å². The van der Waals surface area contributed by atoms with Crippen LogP contribution in [0.2, 0.25) is 0 Å². The van der Waals surface area contributed by atoms with Crippen LogP contribution in [-0.4, -0.2) is 31.1 Å². The Bertz CT molecular complexity index is 441. The van der Waals surface area contributed by atoms with Crippen LogP contribution in [0.3, 0.4) is 0 Å². The van der Waals surface area contributed by atoms with E-state index in [1.807, 2.05) is 19.1 Å². The molecule has 0 aliphatic carbocycles. The van der Waals surface area contributed by atoms with E-state index in [1.54, 1.807) is 26.0 Å². The fourth-order valence-corrected chi connectivity index (χ4v) is 1.44. The number of carbonyl (C=O) groups excluding carboxylic acids is 2. The third kappa shape index (κ3) is 4.62.